The van der Waals surface area contributed by atoms with Gasteiger partial charge in [-0.3, -0.25) is 9.36 Å². The van der Waals surface area contributed by atoms with E-state index in [1.54, 1.807) is 7.11 Å². The highest BCUT2D eigenvalue weighted by atomic mass is 16.7. The van der Waals surface area contributed by atoms with E-state index in [-0.39, 0.29) is 19.4 Å². The van der Waals surface area contributed by atoms with Gasteiger partial charge in [0.1, 0.15) is 18.4 Å². The number of unbranched alkanes of at least 4 members (excludes halogenated alkanes) is 3. The fourth-order valence-electron chi connectivity index (χ4n) is 5.25. The molecule has 0 radical (unpaired) electrons. The van der Waals surface area contributed by atoms with Crippen LogP contribution in [-0.2, 0) is 37.0 Å². The summed E-state index contributed by atoms with van der Waals surface area (Å²) in [6.45, 7) is 4.69. The standard InChI is InChI=1S/C29H40N2O7/c1-4-6-7-11-14-24(34-3)29-17-15-26(36-5-2)37-23(19-29)27(38-29)30-18-16-25(32)31(28(30)33)21-35-20-22-12-9-8-10-13-22/h8-10,12-13,15-18,23-24,26-27H,4-7,11,14,19-21H2,1-3H3. The van der Waals surface area contributed by atoms with Crippen LogP contribution in [0, 0.1) is 0 Å². The summed E-state index contributed by atoms with van der Waals surface area (Å²) in [5.74, 6) is 0. The lowest BCUT2D eigenvalue weighted by Crippen LogP contribution is -2.45. The molecule has 9 heteroatoms. The van der Waals surface area contributed by atoms with Crippen molar-refractivity contribution in [1.82, 2.24) is 9.13 Å². The molecule has 1 saturated heterocycles. The number of nitrogens with zero attached hydrogens (tertiary/aromatic N) is 2. The van der Waals surface area contributed by atoms with E-state index >= 15 is 0 Å². The van der Waals surface area contributed by atoms with Crippen molar-refractivity contribution >= 4 is 0 Å². The van der Waals surface area contributed by atoms with E-state index in [0.717, 1.165) is 35.8 Å². The second kappa shape index (κ2) is 13.5. The number of hydrogen-bond donors (Lipinski definition) is 0. The molecule has 2 aliphatic rings. The molecule has 2 aliphatic heterocycles. The molecule has 38 heavy (non-hydrogen) atoms. The number of benzene rings is 1. The highest BCUT2D eigenvalue weighted by Crippen LogP contribution is 2.45. The summed E-state index contributed by atoms with van der Waals surface area (Å²) in [6, 6.07) is 11.0. The first-order valence-electron chi connectivity index (χ1n) is 13.6. The Bertz CT molecular complexity index is 1160. The average Bonchev–Trinajstić information content (AvgIpc) is 3.17. The molecule has 1 aromatic heterocycles. The van der Waals surface area contributed by atoms with Gasteiger partial charge >= 0.3 is 5.69 Å². The van der Waals surface area contributed by atoms with Crippen LogP contribution in [-0.4, -0.2) is 46.9 Å². The van der Waals surface area contributed by atoms with Crippen LogP contribution in [0.5, 0.6) is 0 Å². The van der Waals surface area contributed by atoms with E-state index in [4.69, 9.17) is 23.7 Å². The Morgan fingerprint density at radius 1 is 1.11 bits per heavy atom. The normalized spacial score (nSPS) is 25.4. The molecule has 4 rings (SSSR count). The molecule has 5 unspecified atom stereocenters. The molecule has 1 fully saturated rings. The van der Waals surface area contributed by atoms with Crippen LogP contribution >= 0.6 is 0 Å². The molecule has 0 N–H and O–H groups in total. The number of rotatable bonds is 14. The third-order valence-electron chi connectivity index (χ3n) is 7.20. The Labute approximate surface area is 223 Å². The minimum Gasteiger partial charge on any atom is -0.378 e. The number of methoxy groups -OCH3 is 1. The maximum atomic E-state index is 13.5. The third kappa shape index (κ3) is 6.52. The Balaban J connectivity index is 1.59. The minimum atomic E-state index is -0.785. The molecular formula is C29H40N2O7. The molecule has 208 valence electrons. The van der Waals surface area contributed by atoms with Crippen LogP contribution in [0.2, 0.25) is 0 Å². The van der Waals surface area contributed by atoms with Crippen molar-refractivity contribution in [3.63, 3.8) is 0 Å². The van der Waals surface area contributed by atoms with Gasteiger partial charge in [0.25, 0.3) is 5.56 Å². The van der Waals surface area contributed by atoms with Gasteiger partial charge < -0.3 is 23.7 Å². The van der Waals surface area contributed by atoms with Gasteiger partial charge in [-0.1, -0.05) is 62.9 Å². The molecule has 9 nitrogen and oxygen atoms in total. The second-order valence-corrected chi connectivity index (χ2v) is 9.83. The van der Waals surface area contributed by atoms with Gasteiger partial charge in [-0.25, -0.2) is 9.36 Å². The highest BCUT2D eigenvalue weighted by Gasteiger charge is 2.53. The van der Waals surface area contributed by atoms with Crippen LogP contribution in [0.4, 0.5) is 0 Å². The average molecular weight is 529 g/mol. The molecule has 5 atom stereocenters. The molecule has 2 aromatic rings. The fraction of sp³-hybridized carbons (Fsp3) is 0.586. The van der Waals surface area contributed by atoms with E-state index in [9.17, 15) is 9.59 Å². The van der Waals surface area contributed by atoms with E-state index in [1.165, 1.54) is 23.3 Å². The van der Waals surface area contributed by atoms with Crippen molar-refractivity contribution in [2.45, 2.75) is 96.0 Å². The van der Waals surface area contributed by atoms with E-state index in [2.05, 4.69) is 6.92 Å². The zero-order valence-electron chi connectivity index (χ0n) is 22.6. The van der Waals surface area contributed by atoms with Crippen LogP contribution in [0.1, 0.15) is 64.2 Å². The zero-order chi connectivity index (χ0) is 27.0. The van der Waals surface area contributed by atoms with Crippen LogP contribution in [0.25, 0.3) is 0 Å². The topological polar surface area (TPSA) is 90.2 Å². The highest BCUT2D eigenvalue weighted by molar-refractivity contribution is 5.16. The molecular weight excluding hydrogens is 488 g/mol. The van der Waals surface area contributed by atoms with E-state index < -0.39 is 35.5 Å². The Hall–Kier alpha value is -2.56. The quantitative estimate of drug-likeness (QED) is 0.269. The summed E-state index contributed by atoms with van der Waals surface area (Å²) in [5, 5.41) is 0. The van der Waals surface area contributed by atoms with Crippen molar-refractivity contribution in [3.8, 4) is 0 Å². The van der Waals surface area contributed by atoms with Crippen molar-refractivity contribution in [2.24, 2.45) is 0 Å². The Morgan fingerprint density at radius 3 is 2.66 bits per heavy atom. The van der Waals surface area contributed by atoms with Gasteiger partial charge in [0.15, 0.2) is 12.5 Å². The lowest BCUT2D eigenvalue weighted by Gasteiger charge is -2.34. The van der Waals surface area contributed by atoms with E-state index in [0.29, 0.717) is 13.0 Å². The first-order valence-corrected chi connectivity index (χ1v) is 13.6. The number of ether oxygens (including phenoxy) is 5. The zero-order valence-corrected chi connectivity index (χ0v) is 22.6. The maximum absolute atomic E-state index is 13.5. The number of hydrogen-bond acceptors (Lipinski definition) is 7. The first-order chi connectivity index (χ1) is 18.5. The smallest absolute Gasteiger partial charge is 0.335 e. The Morgan fingerprint density at radius 2 is 1.92 bits per heavy atom. The van der Waals surface area contributed by atoms with Crippen LogP contribution in [0.15, 0.2) is 64.3 Å². The molecule has 1 aromatic carbocycles. The lowest BCUT2D eigenvalue weighted by molar-refractivity contribution is -0.180. The number of fused-ring (bicyclic) bond motifs is 2. The molecule has 3 heterocycles. The van der Waals surface area contributed by atoms with Crippen molar-refractivity contribution in [3.05, 3.63) is 81.1 Å². The van der Waals surface area contributed by atoms with Gasteiger partial charge in [0.2, 0.25) is 0 Å². The summed E-state index contributed by atoms with van der Waals surface area (Å²) in [7, 11) is 1.70. The SMILES string of the molecule is CCCCCCC(OC)C12C=CC(OCC)OC(C1)C(n1ccc(=O)n(COCc3ccccc3)c1=O)O2. The molecule has 0 saturated carbocycles. The minimum absolute atomic E-state index is 0.170. The molecule has 0 amide bonds. The lowest BCUT2D eigenvalue weighted by atomic mass is 9.88. The predicted molar refractivity (Wildman–Crippen MR) is 143 cm³/mol. The molecule has 0 spiro atoms. The van der Waals surface area contributed by atoms with Gasteiger partial charge in [0.05, 0.1) is 12.7 Å². The summed E-state index contributed by atoms with van der Waals surface area (Å²) in [6.07, 6.45) is 9.08. The second-order valence-electron chi connectivity index (χ2n) is 9.83. The largest absolute Gasteiger partial charge is 0.378 e. The van der Waals surface area contributed by atoms with E-state index in [1.807, 2.05) is 49.4 Å². The van der Waals surface area contributed by atoms with Gasteiger partial charge in [-0.15, -0.1) is 0 Å². The monoisotopic (exact) mass is 528 g/mol. The van der Waals surface area contributed by atoms with Gasteiger partial charge in [-0.05, 0) is 31.1 Å². The van der Waals surface area contributed by atoms with Crippen LogP contribution in [0.3, 0.4) is 0 Å². The van der Waals surface area contributed by atoms with Crippen molar-refractivity contribution < 1.29 is 23.7 Å². The fourth-order valence-corrected chi connectivity index (χ4v) is 5.25. The van der Waals surface area contributed by atoms with Crippen LogP contribution < -0.4 is 11.2 Å². The number of aromatic nitrogens is 2. The van der Waals surface area contributed by atoms with Gasteiger partial charge in [-0.2, -0.15) is 0 Å². The summed E-state index contributed by atoms with van der Waals surface area (Å²) in [5.41, 5.74) is -0.790. The first kappa shape index (κ1) is 28.4. The third-order valence-corrected chi connectivity index (χ3v) is 7.20. The van der Waals surface area contributed by atoms with Crippen molar-refractivity contribution in [1.29, 1.82) is 0 Å². The predicted octanol–water partition coefficient (Wildman–Crippen LogP) is 4.15. The Kier molecular flexibility index (Phi) is 10.1. The summed E-state index contributed by atoms with van der Waals surface area (Å²) in [4.78, 5) is 26.1. The van der Waals surface area contributed by atoms with Crippen molar-refractivity contribution in [2.75, 3.05) is 13.7 Å². The maximum Gasteiger partial charge on any atom is 0.335 e. The molecule has 2 bridgehead atoms. The molecule has 0 aliphatic carbocycles. The summed E-state index contributed by atoms with van der Waals surface area (Å²) < 4.78 is 32.8. The van der Waals surface area contributed by atoms with Gasteiger partial charge in [0, 0.05) is 32.4 Å². The summed E-state index contributed by atoms with van der Waals surface area (Å²) >= 11 is 0.